The topological polar surface area (TPSA) is 92.2 Å². The van der Waals surface area contributed by atoms with E-state index in [4.69, 9.17) is 0 Å². The van der Waals surface area contributed by atoms with E-state index in [9.17, 15) is 9.59 Å². The van der Waals surface area contributed by atoms with Crippen molar-refractivity contribution >= 4 is 28.1 Å². The van der Waals surface area contributed by atoms with Crippen molar-refractivity contribution in [3.63, 3.8) is 0 Å². The van der Waals surface area contributed by atoms with Crippen LogP contribution in [0, 0.1) is 0 Å². The summed E-state index contributed by atoms with van der Waals surface area (Å²) in [5.41, 5.74) is 1.53. The lowest BCUT2D eigenvalue weighted by molar-refractivity contribution is 0.102. The van der Waals surface area contributed by atoms with Gasteiger partial charge in [-0.15, -0.1) is 0 Å². The smallest absolute Gasteiger partial charge is 0.270 e. The van der Waals surface area contributed by atoms with Crippen LogP contribution in [0.3, 0.4) is 0 Å². The average Bonchev–Trinajstić information content (AvgIpc) is 3.03. The van der Waals surface area contributed by atoms with E-state index in [1.807, 2.05) is 6.07 Å². The van der Waals surface area contributed by atoms with Crippen molar-refractivity contribution in [3.05, 3.63) is 70.9 Å². The van der Waals surface area contributed by atoms with Crippen molar-refractivity contribution in [2.24, 2.45) is 0 Å². The van der Waals surface area contributed by atoms with Crippen LogP contribution in [0.25, 0.3) is 16.6 Å². The van der Waals surface area contributed by atoms with Crippen molar-refractivity contribution in [1.29, 1.82) is 0 Å². The number of H-pyrrole nitrogens is 1. The van der Waals surface area contributed by atoms with Crippen LogP contribution in [0.5, 0.6) is 0 Å². The van der Waals surface area contributed by atoms with E-state index >= 15 is 0 Å². The number of nitrogens with zero attached hydrogens (tertiary/aromatic N) is 3. The summed E-state index contributed by atoms with van der Waals surface area (Å²) in [6.45, 7) is 0. The Hall–Kier alpha value is -3.48. The van der Waals surface area contributed by atoms with E-state index in [1.54, 1.807) is 42.7 Å². The van der Waals surface area contributed by atoms with E-state index < -0.39 is 11.5 Å². The van der Waals surface area contributed by atoms with Crippen molar-refractivity contribution < 1.29 is 4.79 Å². The Kier molecular flexibility index (Phi) is 2.90. The van der Waals surface area contributed by atoms with Gasteiger partial charge in [0.25, 0.3) is 11.5 Å². The quantitative estimate of drug-likeness (QED) is 0.591. The number of rotatable bonds is 2. The molecular formula is C16H11N5O2. The zero-order valence-corrected chi connectivity index (χ0v) is 11.9. The van der Waals surface area contributed by atoms with Gasteiger partial charge in [-0.1, -0.05) is 6.07 Å². The number of nitrogens with one attached hydrogen (secondary N) is 2. The van der Waals surface area contributed by atoms with Gasteiger partial charge >= 0.3 is 0 Å². The van der Waals surface area contributed by atoms with Crippen LogP contribution in [-0.2, 0) is 0 Å². The highest BCUT2D eigenvalue weighted by molar-refractivity contribution is 6.04. The molecule has 4 rings (SSSR count). The van der Waals surface area contributed by atoms with Gasteiger partial charge in [-0.3, -0.25) is 19.1 Å². The number of amides is 1. The molecule has 0 spiro atoms. The first-order valence-corrected chi connectivity index (χ1v) is 6.93. The van der Waals surface area contributed by atoms with E-state index in [2.05, 4.69) is 20.5 Å². The van der Waals surface area contributed by atoms with Gasteiger partial charge in [0.05, 0.1) is 11.7 Å². The molecule has 0 atom stereocenters. The third-order valence-electron chi connectivity index (χ3n) is 3.56. The normalized spacial score (nSPS) is 11.0. The fourth-order valence-electron chi connectivity index (χ4n) is 2.40. The fourth-order valence-corrected chi connectivity index (χ4v) is 2.40. The molecule has 0 aliphatic carbocycles. The SMILES string of the molecule is O=C(Nc1ccc2[nH]ncc2c1)c1cnc2ccccn2c1=O. The molecule has 2 N–H and O–H groups in total. The van der Waals surface area contributed by atoms with Crippen LogP contribution >= 0.6 is 0 Å². The lowest BCUT2D eigenvalue weighted by atomic mass is 10.2. The second kappa shape index (κ2) is 5.06. The van der Waals surface area contributed by atoms with Gasteiger partial charge in [-0.2, -0.15) is 5.10 Å². The number of hydrogen-bond acceptors (Lipinski definition) is 4. The molecule has 23 heavy (non-hydrogen) atoms. The first-order chi connectivity index (χ1) is 11.2. The van der Waals surface area contributed by atoms with Crippen molar-refractivity contribution in [1.82, 2.24) is 19.6 Å². The predicted octanol–water partition coefficient (Wildman–Crippen LogP) is 1.82. The van der Waals surface area contributed by atoms with Gasteiger partial charge in [-0.05, 0) is 30.3 Å². The van der Waals surface area contributed by atoms with Crippen molar-refractivity contribution in [3.8, 4) is 0 Å². The number of pyridine rings is 1. The maximum absolute atomic E-state index is 12.4. The lowest BCUT2D eigenvalue weighted by Gasteiger charge is -2.06. The van der Waals surface area contributed by atoms with Crippen LogP contribution in [-0.4, -0.2) is 25.5 Å². The molecule has 0 fully saturated rings. The van der Waals surface area contributed by atoms with E-state index in [0.717, 1.165) is 10.9 Å². The summed E-state index contributed by atoms with van der Waals surface area (Å²) in [7, 11) is 0. The molecule has 3 heterocycles. The zero-order chi connectivity index (χ0) is 15.8. The van der Waals surface area contributed by atoms with Gasteiger partial charge in [0, 0.05) is 23.5 Å². The number of aromatic amines is 1. The Morgan fingerprint density at radius 3 is 3.00 bits per heavy atom. The van der Waals surface area contributed by atoms with Gasteiger partial charge in [0.1, 0.15) is 11.2 Å². The summed E-state index contributed by atoms with van der Waals surface area (Å²) in [5, 5.41) is 10.3. The van der Waals surface area contributed by atoms with Gasteiger partial charge in [0.2, 0.25) is 0 Å². The van der Waals surface area contributed by atoms with E-state index in [1.165, 1.54) is 10.6 Å². The Bertz CT molecular complexity index is 1100. The highest BCUT2D eigenvalue weighted by atomic mass is 16.2. The number of hydrogen-bond donors (Lipinski definition) is 2. The molecule has 0 aliphatic heterocycles. The fraction of sp³-hybridized carbons (Fsp3) is 0. The standard InChI is InChI=1S/C16H11N5O2/c22-15(19-11-4-5-13-10(7-11)8-18-20-13)12-9-17-14-3-1-2-6-21(14)16(12)23/h1-9H,(H,18,20)(H,19,22). The molecule has 3 aromatic heterocycles. The molecule has 7 nitrogen and oxygen atoms in total. The number of anilines is 1. The van der Waals surface area contributed by atoms with Crippen LogP contribution in [0.15, 0.2) is 59.8 Å². The highest BCUT2D eigenvalue weighted by Crippen LogP contribution is 2.17. The molecule has 0 aliphatic rings. The molecule has 4 aromatic rings. The Morgan fingerprint density at radius 1 is 1.17 bits per heavy atom. The van der Waals surface area contributed by atoms with Crippen LogP contribution < -0.4 is 10.9 Å². The minimum Gasteiger partial charge on any atom is -0.322 e. The molecule has 0 unspecified atom stereocenters. The summed E-state index contributed by atoms with van der Waals surface area (Å²) in [5.74, 6) is -0.497. The maximum Gasteiger partial charge on any atom is 0.270 e. The number of carbonyl (C=O) groups is 1. The summed E-state index contributed by atoms with van der Waals surface area (Å²) in [4.78, 5) is 28.9. The van der Waals surface area contributed by atoms with E-state index in [0.29, 0.717) is 11.3 Å². The molecule has 112 valence electrons. The van der Waals surface area contributed by atoms with E-state index in [-0.39, 0.29) is 5.56 Å². The molecule has 1 amide bonds. The third-order valence-corrected chi connectivity index (χ3v) is 3.56. The largest absolute Gasteiger partial charge is 0.322 e. The highest BCUT2D eigenvalue weighted by Gasteiger charge is 2.13. The van der Waals surface area contributed by atoms with Crippen molar-refractivity contribution in [2.45, 2.75) is 0 Å². The van der Waals surface area contributed by atoms with Crippen LogP contribution in [0.4, 0.5) is 5.69 Å². The molecule has 0 saturated heterocycles. The summed E-state index contributed by atoms with van der Waals surface area (Å²) < 4.78 is 1.34. The number of fused-ring (bicyclic) bond motifs is 2. The summed E-state index contributed by atoms with van der Waals surface area (Å²) >= 11 is 0. The molecule has 0 saturated carbocycles. The minimum atomic E-state index is -0.497. The third kappa shape index (κ3) is 2.24. The summed E-state index contributed by atoms with van der Waals surface area (Å²) in [6.07, 6.45) is 4.54. The molecule has 0 bridgehead atoms. The second-order valence-electron chi connectivity index (χ2n) is 5.03. The predicted molar refractivity (Wildman–Crippen MR) is 85.5 cm³/mol. The van der Waals surface area contributed by atoms with Crippen LogP contribution in [0.2, 0.25) is 0 Å². The first-order valence-electron chi connectivity index (χ1n) is 6.93. The Labute approximate surface area is 129 Å². The van der Waals surface area contributed by atoms with Gasteiger partial charge < -0.3 is 5.32 Å². The molecular weight excluding hydrogens is 294 g/mol. The Morgan fingerprint density at radius 2 is 2.09 bits per heavy atom. The first kappa shape index (κ1) is 13.2. The monoisotopic (exact) mass is 305 g/mol. The zero-order valence-electron chi connectivity index (χ0n) is 11.9. The van der Waals surface area contributed by atoms with Crippen molar-refractivity contribution in [2.75, 3.05) is 5.32 Å². The van der Waals surface area contributed by atoms with Crippen LogP contribution in [0.1, 0.15) is 10.4 Å². The summed E-state index contributed by atoms with van der Waals surface area (Å²) in [6, 6.07) is 10.5. The van der Waals surface area contributed by atoms with Gasteiger partial charge in [0.15, 0.2) is 0 Å². The molecule has 0 radical (unpaired) electrons. The minimum absolute atomic E-state index is 0.0130. The van der Waals surface area contributed by atoms with Gasteiger partial charge in [-0.25, -0.2) is 4.98 Å². The second-order valence-corrected chi connectivity index (χ2v) is 5.03. The average molecular weight is 305 g/mol. The lowest BCUT2D eigenvalue weighted by Crippen LogP contribution is -2.26. The number of carbonyl (C=O) groups excluding carboxylic acids is 1. The molecule has 1 aromatic carbocycles. The number of aromatic nitrogens is 4. The number of benzene rings is 1. The Balaban J connectivity index is 1.71. The molecule has 7 heteroatoms. The maximum atomic E-state index is 12.4.